The molecule has 2 atom stereocenters. The first-order chi connectivity index (χ1) is 7.79. The van der Waals surface area contributed by atoms with Crippen LogP contribution < -0.4 is 5.73 Å². The summed E-state index contributed by atoms with van der Waals surface area (Å²) in [6, 6.07) is 0.678. The van der Waals surface area contributed by atoms with E-state index in [1.165, 1.54) is 0 Å². The molecule has 0 spiro atoms. The second-order valence-corrected chi connectivity index (χ2v) is 4.19. The quantitative estimate of drug-likeness (QED) is 0.681. The van der Waals surface area contributed by atoms with E-state index in [0.717, 1.165) is 25.0 Å². The highest BCUT2D eigenvalue weighted by molar-refractivity contribution is 4.93. The van der Waals surface area contributed by atoms with Crippen LogP contribution in [0.5, 0.6) is 0 Å². The molecule has 1 aromatic heterocycles. The largest absolute Gasteiger partial charge is 0.394 e. The lowest BCUT2D eigenvalue weighted by atomic mass is 10.2. The first kappa shape index (κ1) is 11.5. The summed E-state index contributed by atoms with van der Waals surface area (Å²) in [5.74, 6) is 0. The predicted octanol–water partition coefficient (Wildman–Crippen LogP) is -0.161. The number of aliphatic hydroxyl groups excluding tert-OH is 1. The maximum atomic E-state index is 8.57. The summed E-state index contributed by atoms with van der Waals surface area (Å²) in [5.41, 5.74) is 6.65. The van der Waals surface area contributed by atoms with Gasteiger partial charge in [0.05, 0.1) is 32.1 Å². The van der Waals surface area contributed by atoms with E-state index in [1.807, 2.05) is 10.9 Å². The van der Waals surface area contributed by atoms with Crippen LogP contribution in [0.4, 0.5) is 0 Å². The minimum Gasteiger partial charge on any atom is -0.394 e. The standard InChI is InChI=1S/C10H18N4O2/c11-8-1-2-10(5-8)14-6-9(12-13-14)7-16-4-3-15/h6,8,10,15H,1-5,7,11H2/t8-,10+/m0/s1. The number of rotatable bonds is 5. The molecule has 1 heterocycles. The van der Waals surface area contributed by atoms with E-state index in [0.29, 0.717) is 25.3 Å². The first-order valence-electron chi connectivity index (χ1n) is 5.64. The Morgan fingerprint density at radius 3 is 3.12 bits per heavy atom. The highest BCUT2D eigenvalue weighted by atomic mass is 16.5. The van der Waals surface area contributed by atoms with Crippen molar-refractivity contribution in [1.82, 2.24) is 15.0 Å². The summed E-state index contributed by atoms with van der Waals surface area (Å²) < 4.78 is 7.05. The lowest BCUT2D eigenvalue weighted by Gasteiger charge is -2.07. The minimum absolute atomic E-state index is 0.0333. The molecule has 0 bridgehead atoms. The van der Waals surface area contributed by atoms with E-state index in [4.69, 9.17) is 15.6 Å². The van der Waals surface area contributed by atoms with Crippen molar-refractivity contribution in [2.45, 2.75) is 38.0 Å². The van der Waals surface area contributed by atoms with Crippen LogP contribution in [-0.4, -0.2) is 39.4 Å². The molecule has 0 radical (unpaired) electrons. The minimum atomic E-state index is 0.0333. The third kappa shape index (κ3) is 2.78. The van der Waals surface area contributed by atoms with Gasteiger partial charge >= 0.3 is 0 Å². The highest BCUT2D eigenvalue weighted by Gasteiger charge is 2.24. The number of aliphatic hydroxyl groups is 1. The van der Waals surface area contributed by atoms with Crippen LogP contribution >= 0.6 is 0 Å². The number of nitrogens with two attached hydrogens (primary N) is 1. The molecule has 0 saturated heterocycles. The molecule has 6 heteroatoms. The Bertz CT molecular complexity index is 328. The van der Waals surface area contributed by atoms with Gasteiger partial charge in [0.2, 0.25) is 0 Å². The van der Waals surface area contributed by atoms with Gasteiger partial charge in [-0.05, 0) is 19.3 Å². The normalized spacial score (nSPS) is 25.1. The van der Waals surface area contributed by atoms with Crippen LogP contribution in [0.2, 0.25) is 0 Å². The molecule has 16 heavy (non-hydrogen) atoms. The zero-order chi connectivity index (χ0) is 11.4. The molecule has 1 saturated carbocycles. The molecule has 1 aliphatic carbocycles. The molecule has 2 rings (SSSR count). The van der Waals surface area contributed by atoms with Crippen molar-refractivity contribution in [2.24, 2.45) is 5.73 Å². The molecular weight excluding hydrogens is 208 g/mol. The van der Waals surface area contributed by atoms with E-state index in [1.54, 1.807) is 0 Å². The van der Waals surface area contributed by atoms with Gasteiger partial charge in [-0.25, -0.2) is 4.68 Å². The molecule has 1 aromatic rings. The Labute approximate surface area is 94.4 Å². The maximum Gasteiger partial charge on any atom is 0.108 e. The number of aromatic nitrogens is 3. The fourth-order valence-corrected chi connectivity index (χ4v) is 2.03. The molecule has 90 valence electrons. The van der Waals surface area contributed by atoms with Crippen LogP contribution in [0.15, 0.2) is 6.20 Å². The van der Waals surface area contributed by atoms with Crippen molar-refractivity contribution in [1.29, 1.82) is 0 Å². The topological polar surface area (TPSA) is 86.2 Å². The van der Waals surface area contributed by atoms with Crippen molar-refractivity contribution in [3.63, 3.8) is 0 Å². The van der Waals surface area contributed by atoms with E-state index in [2.05, 4.69) is 10.3 Å². The average Bonchev–Trinajstić information content (AvgIpc) is 2.87. The third-order valence-corrected chi connectivity index (χ3v) is 2.86. The molecular formula is C10H18N4O2. The number of hydrogen-bond donors (Lipinski definition) is 2. The van der Waals surface area contributed by atoms with Gasteiger partial charge in [0, 0.05) is 6.04 Å². The average molecular weight is 226 g/mol. The third-order valence-electron chi connectivity index (χ3n) is 2.86. The smallest absolute Gasteiger partial charge is 0.108 e. The molecule has 0 amide bonds. The number of ether oxygens (including phenoxy) is 1. The zero-order valence-electron chi connectivity index (χ0n) is 9.25. The maximum absolute atomic E-state index is 8.57. The van der Waals surface area contributed by atoms with Crippen molar-refractivity contribution in [3.8, 4) is 0 Å². The summed E-state index contributed by atoms with van der Waals surface area (Å²) >= 11 is 0. The van der Waals surface area contributed by atoms with Crippen molar-refractivity contribution in [2.75, 3.05) is 13.2 Å². The first-order valence-corrected chi connectivity index (χ1v) is 5.64. The van der Waals surface area contributed by atoms with E-state index >= 15 is 0 Å². The Hall–Kier alpha value is -0.980. The lowest BCUT2D eigenvalue weighted by Crippen LogP contribution is -2.16. The van der Waals surface area contributed by atoms with Gasteiger partial charge in [0.1, 0.15) is 5.69 Å². The van der Waals surface area contributed by atoms with E-state index in [9.17, 15) is 0 Å². The molecule has 3 N–H and O–H groups in total. The van der Waals surface area contributed by atoms with Gasteiger partial charge in [-0.3, -0.25) is 0 Å². The fourth-order valence-electron chi connectivity index (χ4n) is 2.03. The lowest BCUT2D eigenvalue weighted by molar-refractivity contribution is 0.0796. The van der Waals surface area contributed by atoms with Gasteiger partial charge in [-0.2, -0.15) is 0 Å². The zero-order valence-corrected chi connectivity index (χ0v) is 9.25. The Morgan fingerprint density at radius 1 is 1.56 bits per heavy atom. The molecule has 0 aliphatic heterocycles. The summed E-state index contributed by atoms with van der Waals surface area (Å²) in [6.45, 7) is 0.770. The molecule has 1 fully saturated rings. The van der Waals surface area contributed by atoms with Crippen LogP contribution in [-0.2, 0) is 11.3 Å². The van der Waals surface area contributed by atoms with Crippen LogP contribution in [0.25, 0.3) is 0 Å². The van der Waals surface area contributed by atoms with Gasteiger partial charge in [0.25, 0.3) is 0 Å². The van der Waals surface area contributed by atoms with Crippen LogP contribution in [0.3, 0.4) is 0 Å². The molecule has 0 unspecified atom stereocenters. The predicted molar refractivity (Wildman–Crippen MR) is 57.6 cm³/mol. The van der Waals surface area contributed by atoms with Crippen LogP contribution in [0, 0.1) is 0 Å². The molecule has 1 aliphatic rings. The second-order valence-electron chi connectivity index (χ2n) is 4.19. The number of nitrogens with zero attached hydrogens (tertiary/aromatic N) is 3. The number of hydrogen-bond acceptors (Lipinski definition) is 5. The fraction of sp³-hybridized carbons (Fsp3) is 0.800. The van der Waals surface area contributed by atoms with Crippen molar-refractivity contribution in [3.05, 3.63) is 11.9 Å². The van der Waals surface area contributed by atoms with Crippen molar-refractivity contribution < 1.29 is 9.84 Å². The summed E-state index contributed by atoms with van der Waals surface area (Å²) in [6.07, 6.45) is 5.00. The summed E-state index contributed by atoms with van der Waals surface area (Å²) in [5, 5.41) is 16.7. The molecule has 0 aromatic carbocycles. The molecule has 6 nitrogen and oxygen atoms in total. The SMILES string of the molecule is N[C@H]1CC[C@@H](n2cc(COCCO)nn2)C1. The Kier molecular flexibility index (Phi) is 3.87. The Balaban J connectivity index is 1.87. The second kappa shape index (κ2) is 5.38. The highest BCUT2D eigenvalue weighted by Crippen LogP contribution is 2.27. The van der Waals surface area contributed by atoms with Gasteiger partial charge in [0.15, 0.2) is 0 Å². The van der Waals surface area contributed by atoms with Crippen molar-refractivity contribution >= 4 is 0 Å². The monoisotopic (exact) mass is 226 g/mol. The summed E-state index contributed by atoms with van der Waals surface area (Å²) in [7, 11) is 0. The van der Waals surface area contributed by atoms with Crippen LogP contribution in [0.1, 0.15) is 31.0 Å². The van der Waals surface area contributed by atoms with Gasteiger partial charge < -0.3 is 15.6 Å². The van der Waals surface area contributed by atoms with E-state index in [-0.39, 0.29) is 6.61 Å². The Morgan fingerprint density at radius 2 is 2.44 bits per heavy atom. The van der Waals surface area contributed by atoms with Gasteiger partial charge in [-0.1, -0.05) is 5.21 Å². The van der Waals surface area contributed by atoms with Gasteiger partial charge in [-0.15, -0.1) is 5.10 Å². The van der Waals surface area contributed by atoms with E-state index < -0.39 is 0 Å². The summed E-state index contributed by atoms with van der Waals surface area (Å²) in [4.78, 5) is 0.